The van der Waals surface area contributed by atoms with Gasteiger partial charge in [0.25, 0.3) is 6.17 Å². The van der Waals surface area contributed by atoms with Gasteiger partial charge in [0.1, 0.15) is 9.07 Å². The van der Waals surface area contributed by atoms with Crippen LogP contribution in [0.2, 0.25) is 0 Å². The molecule has 29 heavy (non-hydrogen) atoms. The molecule has 3 rings (SSSR count). The van der Waals surface area contributed by atoms with E-state index in [2.05, 4.69) is 4.72 Å². The molecule has 0 bridgehead atoms. The second kappa shape index (κ2) is 8.43. The van der Waals surface area contributed by atoms with E-state index in [0.717, 1.165) is 10.3 Å². The number of thiocarbonyl (C=S) groups is 1. The Morgan fingerprint density at radius 3 is 2.41 bits per heavy atom. The first-order valence-electron chi connectivity index (χ1n) is 9.01. The fourth-order valence-corrected chi connectivity index (χ4v) is 5.86. The lowest BCUT2D eigenvalue weighted by atomic mass is 10.1. The standard InChI is InChI=1S/C20H23N3O3S3/c1-20(2)18(22(19(27)28-20)13-15-7-5-4-6-8-15)23(24)14-16-9-11-17(12-10-16)29(25,26)21-3/h4-12,14,18,21H,13H2,1-3H3/b23-14-. The van der Waals surface area contributed by atoms with Crippen molar-refractivity contribution < 1.29 is 13.2 Å². The number of thioether (sulfide) groups is 1. The predicted octanol–water partition coefficient (Wildman–Crippen LogP) is 3.16. The van der Waals surface area contributed by atoms with Gasteiger partial charge in [-0.15, -0.1) is 0 Å². The van der Waals surface area contributed by atoms with Crippen LogP contribution in [0.4, 0.5) is 0 Å². The van der Waals surface area contributed by atoms with Crippen LogP contribution in [-0.4, -0.2) is 46.6 Å². The van der Waals surface area contributed by atoms with Crippen LogP contribution < -0.4 is 4.72 Å². The third kappa shape index (κ3) is 4.80. The highest BCUT2D eigenvalue weighted by molar-refractivity contribution is 8.24. The van der Waals surface area contributed by atoms with Gasteiger partial charge in [0.05, 0.1) is 11.4 Å². The van der Waals surface area contributed by atoms with E-state index in [0.29, 0.717) is 16.4 Å². The van der Waals surface area contributed by atoms with Crippen molar-refractivity contribution in [3.8, 4) is 0 Å². The van der Waals surface area contributed by atoms with Crippen LogP contribution in [0, 0.1) is 5.21 Å². The Bertz CT molecular complexity index is 1020. The molecule has 2 aromatic carbocycles. The Hall–Kier alpha value is -1.94. The van der Waals surface area contributed by atoms with Crippen molar-refractivity contribution in [3.63, 3.8) is 0 Å². The maximum atomic E-state index is 13.1. The number of rotatable bonds is 6. The molecular formula is C20H23N3O3S3. The van der Waals surface area contributed by atoms with E-state index in [1.54, 1.807) is 12.1 Å². The highest BCUT2D eigenvalue weighted by Crippen LogP contribution is 2.42. The number of nitrogens with zero attached hydrogens (tertiary/aromatic N) is 2. The number of hydrogen-bond donors (Lipinski definition) is 1. The van der Waals surface area contributed by atoms with Gasteiger partial charge >= 0.3 is 0 Å². The molecule has 1 fully saturated rings. The second-order valence-electron chi connectivity index (χ2n) is 7.22. The van der Waals surface area contributed by atoms with Crippen LogP contribution in [0.25, 0.3) is 0 Å². The van der Waals surface area contributed by atoms with Crippen LogP contribution in [-0.2, 0) is 16.6 Å². The maximum absolute atomic E-state index is 13.1. The highest BCUT2D eigenvalue weighted by atomic mass is 32.2. The van der Waals surface area contributed by atoms with Gasteiger partial charge in [-0.2, -0.15) is 4.74 Å². The van der Waals surface area contributed by atoms with Crippen LogP contribution in [0.3, 0.4) is 0 Å². The summed E-state index contributed by atoms with van der Waals surface area (Å²) in [6.07, 6.45) is 0.996. The first-order valence-corrected chi connectivity index (χ1v) is 11.7. The lowest BCUT2D eigenvalue weighted by Gasteiger charge is -2.29. The van der Waals surface area contributed by atoms with E-state index in [-0.39, 0.29) is 4.90 Å². The first kappa shape index (κ1) is 21.8. The van der Waals surface area contributed by atoms with E-state index in [9.17, 15) is 13.6 Å². The molecule has 6 nitrogen and oxygen atoms in total. The molecule has 0 amide bonds. The summed E-state index contributed by atoms with van der Waals surface area (Å²) in [6.45, 7) is 4.55. The summed E-state index contributed by atoms with van der Waals surface area (Å²) in [5.74, 6) is 0. The number of hydrogen-bond acceptors (Lipinski definition) is 5. The van der Waals surface area contributed by atoms with Gasteiger partial charge in [0.2, 0.25) is 10.0 Å². The predicted molar refractivity (Wildman–Crippen MR) is 122 cm³/mol. The SMILES string of the molecule is CNS(=O)(=O)c1ccc(/C=[N+](\[O-])C2N(Cc3ccccc3)C(=S)SC2(C)C)cc1. The van der Waals surface area contributed by atoms with Crippen molar-refractivity contribution in [2.75, 3.05) is 7.05 Å². The Morgan fingerprint density at radius 2 is 1.83 bits per heavy atom. The van der Waals surface area contributed by atoms with Crippen LogP contribution in [0.15, 0.2) is 59.5 Å². The summed E-state index contributed by atoms with van der Waals surface area (Å²) in [5.41, 5.74) is 1.70. The van der Waals surface area contributed by atoms with Gasteiger partial charge in [-0.25, -0.2) is 13.1 Å². The largest absolute Gasteiger partial charge is 0.622 e. The summed E-state index contributed by atoms with van der Waals surface area (Å²) in [7, 11) is -2.15. The topological polar surface area (TPSA) is 75.5 Å². The summed E-state index contributed by atoms with van der Waals surface area (Å²) in [6, 6.07) is 16.1. The highest BCUT2D eigenvalue weighted by Gasteiger charge is 2.50. The maximum Gasteiger partial charge on any atom is 0.254 e. The Labute approximate surface area is 181 Å². The monoisotopic (exact) mass is 449 g/mol. The summed E-state index contributed by atoms with van der Waals surface area (Å²) >= 11 is 7.07. The molecule has 0 aliphatic carbocycles. The lowest BCUT2D eigenvalue weighted by Crippen LogP contribution is -2.47. The Morgan fingerprint density at radius 1 is 1.21 bits per heavy atom. The van der Waals surface area contributed by atoms with Crippen LogP contribution >= 0.6 is 24.0 Å². The summed E-state index contributed by atoms with van der Waals surface area (Å²) in [4.78, 5) is 2.09. The zero-order valence-corrected chi connectivity index (χ0v) is 18.9. The number of hydroxylamine groups is 1. The van der Waals surface area contributed by atoms with Gasteiger partial charge in [-0.05, 0) is 50.7 Å². The second-order valence-corrected chi connectivity index (χ2v) is 11.4. The van der Waals surface area contributed by atoms with Crippen LogP contribution in [0.1, 0.15) is 25.0 Å². The summed E-state index contributed by atoms with van der Waals surface area (Å²) in [5, 5.41) is 13.1. The van der Waals surface area contributed by atoms with E-state index in [1.165, 1.54) is 37.2 Å². The quantitative estimate of drug-likeness (QED) is 0.240. The van der Waals surface area contributed by atoms with Crippen molar-refractivity contribution in [2.24, 2.45) is 0 Å². The molecule has 1 N–H and O–H groups in total. The molecule has 154 valence electrons. The molecule has 0 aromatic heterocycles. The van der Waals surface area contributed by atoms with E-state index in [1.807, 2.05) is 49.1 Å². The van der Waals surface area contributed by atoms with Crippen molar-refractivity contribution >= 4 is 44.5 Å². The zero-order valence-electron chi connectivity index (χ0n) is 16.4. The van der Waals surface area contributed by atoms with E-state index in [4.69, 9.17) is 12.2 Å². The fourth-order valence-electron chi connectivity index (χ4n) is 3.25. The molecule has 1 aliphatic rings. The molecular weight excluding hydrogens is 426 g/mol. The molecule has 1 atom stereocenters. The fraction of sp³-hybridized carbons (Fsp3) is 0.300. The lowest BCUT2D eigenvalue weighted by molar-refractivity contribution is -0.524. The number of nitrogens with one attached hydrogen (secondary N) is 1. The Balaban J connectivity index is 1.89. The third-order valence-electron chi connectivity index (χ3n) is 4.67. The normalized spacial score (nSPS) is 19.6. The minimum absolute atomic E-state index is 0.151. The molecule has 1 unspecified atom stereocenters. The minimum Gasteiger partial charge on any atom is -0.622 e. The summed E-state index contributed by atoms with van der Waals surface area (Å²) < 4.78 is 27.2. The number of benzene rings is 2. The zero-order chi connectivity index (χ0) is 21.2. The molecule has 0 saturated carbocycles. The van der Waals surface area contributed by atoms with Gasteiger partial charge in [-0.3, -0.25) is 4.90 Å². The van der Waals surface area contributed by atoms with Crippen LogP contribution in [0.5, 0.6) is 0 Å². The minimum atomic E-state index is -3.51. The molecule has 9 heteroatoms. The average Bonchev–Trinajstić information content (AvgIpc) is 2.91. The van der Waals surface area contributed by atoms with Gasteiger partial charge in [0, 0.05) is 5.56 Å². The molecule has 2 aromatic rings. The molecule has 1 aliphatic heterocycles. The smallest absolute Gasteiger partial charge is 0.254 e. The van der Waals surface area contributed by atoms with Crippen molar-refractivity contribution in [1.29, 1.82) is 0 Å². The van der Waals surface area contributed by atoms with E-state index >= 15 is 0 Å². The Kier molecular flexibility index (Phi) is 6.33. The number of sulfonamides is 1. The third-order valence-corrected chi connectivity index (χ3v) is 7.73. The van der Waals surface area contributed by atoms with Gasteiger partial charge in [-0.1, -0.05) is 54.3 Å². The van der Waals surface area contributed by atoms with Gasteiger partial charge < -0.3 is 5.21 Å². The van der Waals surface area contributed by atoms with E-state index < -0.39 is 20.9 Å². The molecule has 1 saturated heterocycles. The first-order chi connectivity index (χ1) is 13.6. The van der Waals surface area contributed by atoms with Gasteiger partial charge in [0.15, 0.2) is 6.21 Å². The van der Waals surface area contributed by atoms with Crippen molar-refractivity contribution in [3.05, 3.63) is 70.9 Å². The van der Waals surface area contributed by atoms with Crippen molar-refractivity contribution in [2.45, 2.75) is 36.2 Å². The average molecular weight is 450 g/mol. The van der Waals surface area contributed by atoms with Crippen molar-refractivity contribution in [1.82, 2.24) is 9.62 Å². The molecule has 1 heterocycles. The molecule has 0 spiro atoms. The molecule has 0 radical (unpaired) electrons.